The van der Waals surface area contributed by atoms with E-state index in [0.29, 0.717) is 34.3 Å². The number of benzene rings is 3. The quantitative estimate of drug-likeness (QED) is 0.274. The van der Waals surface area contributed by atoms with Crippen molar-refractivity contribution < 1.29 is 18.0 Å². The van der Waals surface area contributed by atoms with Crippen LogP contribution >= 0.6 is 23.2 Å². The number of anilines is 1. The minimum absolute atomic E-state index is 0.0185. The summed E-state index contributed by atoms with van der Waals surface area (Å²) >= 11 is 12.9. The topological polar surface area (TPSA) is 86.8 Å². The minimum Gasteiger partial charge on any atom is -0.355 e. The Bertz CT molecular complexity index is 1400. The largest absolute Gasteiger partial charge is 0.355 e. The SMILES string of the molecule is CCNC(=O)C(Cc1ccccc1)N(Cc1c(Cl)cccc1Cl)C(=O)CCCN(c1cccc(C)c1)S(C)(=O)=O. The Balaban J connectivity index is 1.91. The van der Waals surface area contributed by atoms with Crippen molar-refractivity contribution in [2.24, 2.45) is 0 Å². The van der Waals surface area contributed by atoms with Crippen LogP contribution in [-0.2, 0) is 32.6 Å². The van der Waals surface area contributed by atoms with E-state index in [1.165, 1.54) is 9.21 Å². The van der Waals surface area contributed by atoms with Crippen molar-refractivity contribution in [2.75, 3.05) is 23.7 Å². The van der Waals surface area contributed by atoms with Gasteiger partial charge in [-0.3, -0.25) is 13.9 Å². The highest BCUT2D eigenvalue weighted by Gasteiger charge is 2.31. The van der Waals surface area contributed by atoms with Gasteiger partial charge in [0.1, 0.15) is 6.04 Å². The zero-order valence-electron chi connectivity index (χ0n) is 22.9. The maximum absolute atomic E-state index is 13.8. The third-order valence-corrected chi connectivity index (χ3v) is 8.36. The van der Waals surface area contributed by atoms with Crippen LogP contribution in [0.3, 0.4) is 0 Å². The van der Waals surface area contributed by atoms with Crippen molar-refractivity contribution in [3.05, 3.63) is 99.5 Å². The fourth-order valence-electron chi connectivity index (χ4n) is 4.49. The predicted molar refractivity (Wildman–Crippen MR) is 162 cm³/mol. The van der Waals surface area contributed by atoms with E-state index in [-0.39, 0.29) is 37.7 Å². The Labute approximate surface area is 247 Å². The van der Waals surface area contributed by atoms with Gasteiger partial charge in [0.15, 0.2) is 0 Å². The first-order valence-electron chi connectivity index (χ1n) is 13.1. The number of carbonyl (C=O) groups is 2. The van der Waals surface area contributed by atoms with Gasteiger partial charge >= 0.3 is 0 Å². The van der Waals surface area contributed by atoms with Crippen molar-refractivity contribution in [1.82, 2.24) is 10.2 Å². The smallest absolute Gasteiger partial charge is 0.243 e. The molecule has 2 amide bonds. The lowest BCUT2D eigenvalue weighted by molar-refractivity contribution is -0.141. The predicted octanol–water partition coefficient (Wildman–Crippen LogP) is 5.62. The van der Waals surface area contributed by atoms with Gasteiger partial charge in [-0.15, -0.1) is 0 Å². The van der Waals surface area contributed by atoms with E-state index in [4.69, 9.17) is 23.2 Å². The van der Waals surface area contributed by atoms with Gasteiger partial charge in [-0.1, -0.05) is 71.7 Å². The van der Waals surface area contributed by atoms with Crippen LogP contribution in [0.2, 0.25) is 10.0 Å². The number of nitrogens with zero attached hydrogens (tertiary/aromatic N) is 2. The summed E-state index contributed by atoms with van der Waals surface area (Å²) in [5, 5.41) is 3.63. The first-order chi connectivity index (χ1) is 19.0. The molecule has 1 unspecified atom stereocenters. The Morgan fingerprint density at radius 2 is 1.60 bits per heavy atom. The van der Waals surface area contributed by atoms with Crippen LogP contribution in [0.1, 0.15) is 36.5 Å². The minimum atomic E-state index is -3.58. The molecule has 3 rings (SSSR count). The zero-order chi connectivity index (χ0) is 29.3. The van der Waals surface area contributed by atoms with Crippen LogP contribution in [0, 0.1) is 6.92 Å². The zero-order valence-corrected chi connectivity index (χ0v) is 25.3. The lowest BCUT2D eigenvalue weighted by Crippen LogP contribution is -2.50. The van der Waals surface area contributed by atoms with E-state index in [9.17, 15) is 18.0 Å². The Kier molecular flexibility index (Phi) is 11.4. The number of aryl methyl sites for hydroxylation is 1. The number of sulfonamides is 1. The number of hydrogen-bond donors (Lipinski definition) is 1. The lowest BCUT2D eigenvalue weighted by atomic mass is 10.0. The highest BCUT2D eigenvalue weighted by atomic mass is 35.5. The van der Waals surface area contributed by atoms with Gasteiger partial charge < -0.3 is 10.2 Å². The second-order valence-corrected chi connectivity index (χ2v) is 12.3. The van der Waals surface area contributed by atoms with Crippen molar-refractivity contribution >= 4 is 50.7 Å². The van der Waals surface area contributed by atoms with Crippen LogP contribution in [0.4, 0.5) is 5.69 Å². The Hall–Kier alpha value is -3.07. The highest BCUT2D eigenvalue weighted by Crippen LogP contribution is 2.28. The summed E-state index contributed by atoms with van der Waals surface area (Å²) in [6.07, 6.45) is 1.71. The number of rotatable bonds is 13. The molecular weight excluding hydrogens is 569 g/mol. The molecule has 0 spiro atoms. The van der Waals surface area contributed by atoms with Crippen LogP contribution < -0.4 is 9.62 Å². The Morgan fingerprint density at radius 1 is 0.950 bits per heavy atom. The molecule has 1 atom stereocenters. The summed E-state index contributed by atoms with van der Waals surface area (Å²) in [7, 11) is -3.58. The van der Waals surface area contributed by atoms with Gasteiger partial charge in [0.05, 0.1) is 11.9 Å². The fourth-order valence-corrected chi connectivity index (χ4v) is 5.96. The lowest BCUT2D eigenvalue weighted by Gasteiger charge is -2.32. The third kappa shape index (κ3) is 8.71. The number of nitrogens with one attached hydrogen (secondary N) is 1. The van der Waals surface area contributed by atoms with Gasteiger partial charge in [-0.25, -0.2) is 8.42 Å². The first kappa shape index (κ1) is 31.5. The number of carbonyl (C=O) groups excluding carboxylic acids is 2. The Morgan fingerprint density at radius 3 is 2.20 bits per heavy atom. The fraction of sp³-hybridized carbons (Fsp3) is 0.333. The molecule has 0 aromatic heterocycles. The van der Waals surface area contributed by atoms with E-state index in [0.717, 1.165) is 17.4 Å². The average Bonchev–Trinajstić information content (AvgIpc) is 2.90. The number of amides is 2. The van der Waals surface area contributed by atoms with E-state index in [2.05, 4.69) is 5.32 Å². The molecule has 0 aliphatic rings. The summed E-state index contributed by atoms with van der Waals surface area (Å²) in [5.74, 6) is -0.596. The molecule has 3 aromatic carbocycles. The molecular formula is C30H35Cl2N3O4S. The molecule has 10 heteroatoms. The van der Waals surface area contributed by atoms with Gasteiger partial charge in [0.25, 0.3) is 0 Å². The molecule has 0 aliphatic carbocycles. The average molecular weight is 605 g/mol. The molecule has 0 bridgehead atoms. The summed E-state index contributed by atoms with van der Waals surface area (Å²) in [6.45, 7) is 4.25. The van der Waals surface area contributed by atoms with Gasteiger partial charge in [-0.05, 0) is 55.7 Å². The van der Waals surface area contributed by atoms with Gasteiger partial charge in [0.2, 0.25) is 21.8 Å². The maximum atomic E-state index is 13.8. The van der Waals surface area contributed by atoms with Gasteiger partial charge in [-0.2, -0.15) is 0 Å². The van der Waals surface area contributed by atoms with Crippen LogP contribution in [-0.4, -0.2) is 50.5 Å². The molecule has 40 heavy (non-hydrogen) atoms. The van der Waals surface area contributed by atoms with Crippen molar-refractivity contribution in [1.29, 1.82) is 0 Å². The summed E-state index contributed by atoms with van der Waals surface area (Å²) in [6, 6.07) is 20.9. The normalized spacial score (nSPS) is 12.0. The molecule has 0 saturated heterocycles. The van der Waals surface area contributed by atoms with Crippen molar-refractivity contribution in [3.63, 3.8) is 0 Å². The molecule has 0 fully saturated rings. The molecule has 0 heterocycles. The third-order valence-electron chi connectivity index (χ3n) is 6.45. The van der Waals surface area contributed by atoms with Gasteiger partial charge in [0, 0.05) is 48.1 Å². The molecule has 3 aromatic rings. The second-order valence-electron chi connectivity index (χ2n) is 9.60. The second kappa shape index (κ2) is 14.5. The molecule has 7 nitrogen and oxygen atoms in total. The first-order valence-corrected chi connectivity index (χ1v) is 15.7. The van der Waals surface area contributed by atoms with Crippen LogP contribution in [0.5, 0.6) is 0 Å². The monoisotopic (exact) mass is 603 g/mol. The molecule has 0 radical (unpaired) electrons. The number of likely N-dealkylation sites (N-methyl/N-ethyl adjacent to an activating group) is 1. The molecule has 0 saturated carbocycles. The van der Waals surface area contributed by atoms with Crippen molar-refractivity contribution in [2.45, 2.75) is 45.7 Å². The number of halogens is 2. The van der Waals surface area contributed by atoms with Crippen LogP contribution in [0.25, 0.3) is 0 Å². The van der Waals surface area contributed by atoms with Crippen LogP contribution in [0.15, 0.2) is 72.8 Å². The van der Waals surface area contributed by atoms with E-state index < -0.39 is 16.1 Å². The van der Waals surface area contributed by atoms with Crippen molar-refractivity contribution in [3.8, 4) is 0 Å². The molecule has 0 aliphatic heterocycles. The molecule has 214 valence electrons. The van der Waals surface area contributed by atoms with E-state index >= 15 is 0 Å². The standard InChI is InChI=1S/C30H35Cl2N3O4S/c1-4-33-30(37)28(20-23-12-6-5-7-13-23)34(21-25-26(31)15-9-16-27(25)32)29(36)17-10-18-35(40(3,38)39)24-14-8-11-22(2)19-24/h5-9,11-16,19,28H,4,10,17-18,20-21H2,1-3H3,(H,33,37). The van der Waals surface area contributed by atoms with E-state index in [1.54, 1.807) is 36.4 Å². The summed E-state index contributed by atoms with van der Waals surface area (Å²) in [4.78, 5) is 28.7. The molecule has 1 N–H and O–H groups in total. The van der Waals surface area contributed by atoms with E-state index in [1.807, 2.05) is 50.2 Å². The number of hydrogen-bond acceptors (Lipinski definition) is 4. The summed E-state index contributed by atoms with van der Waals surface area (Å²) < 4.78 is 26.5. The highest BCUT2D eigenvalue weighted by molar-refractivity contribution is 7.92. The summed E-state index contributed by atoms with van der Waals surface area (Å²) in [5.41, 5.74) is 2.90. The maximum Gasteiger partial charge on any atom is 0.243 e.